The van der Waals surface area contributed by atoms with E-state index in [1.807, 2.05) is 41.5 Å². The summed E-state index contributed by atoms with van der Waals surface area (Å²) in [4.78, 5) is 41.6. The number of rotatable bonds is 6. The molecule has 0 heterocycles. The molecule has 0 bridgehead atoms. The number of carbonyl (C=O) groups is 4. The molecule has 0 aliphatic rings. The molecule has 182 valence electrons. The number of carboxylic acids is 2. The van der Waals surface area contributed by atoms with E-state index in [1.165, 1.54) is 0 Å². The Labute approximate surface area is 202 Å². The van der Waals surface area contributed by atoms with Crippen LogP contribution in [0.2, 0.25) is 0 Å². The first kappa shape index (κ1) is 40.3. The molecule has 0 atom stereocenters. The monoisotopic (exact) mass is 482 g/mol. The fourth-order valence-electron chi connectivity index (χ4n) is 1.63. The van der Waals surface area contributed by atoms with Gasteiger partial charge in [0, 0.05) is 49.8 Å². The molecule has 8 nitrogen and oxygen atoms in total. The Morgan fingerprint density at radius 3 is 0.903 bits per heavy atom. The quantitative estimate of drug-likeness (QED) is 0.420. The molecule has 2 N–H and O–H groups in total. The van der Waals surface area contributed by atoms with Crippen molar-refractivity contribution in [3.63, 3.8) is 0 Å². The van der Waals surface area contributed by atoms with Crippen molar-refractivity contribution in [1.29, 1.82) is 0 Å². The predicted octanol–water partition coefficient (Wildman–Crippen LogP) is 1.04. The van der Waals surface area contributed by atoms with E-state index in [4.69, 9.17) is 10.2 Å². The zero-order valence-electron chi connectivity index (χ0n) is 20.8. The first-order chi connectivity index (χ1) is 13.1. The Bertz CT molecular complexity index is 449. The second kappa shape index (κ2) is 20.8. The summed E-state index contributed by atoms with van der Waals surface area (Å²) >= 11 is 0. The van der Waals surface area contributed by atoms with Crippen LogP contribution in [0.1, 0.15) is 94.9 Å². The maximum atomic E-state index is 10.8. The molecule has 0 saturated heterocycles. The van der Waals surface area contributed by atoms with Crippen molar-refractivity contribution in [1.82, 2.24) is 0 Å². The molecular formula is C22H42O8Ti. The minimum Gasteiger partial charge on any atom is -0.550 e. The summed E-state index contributed by atoms with van der Waals surface area (Å²) in [6, 6.07) is 0. The summed E-state index contributed by atoms with van der Waals surface area (Å²) in [5, 5.41) is 36.0. The van der Waals surface area contributed by atoms with Crippen LogP contribution >= 0.6 is 0 Å². The predicted molar refractivity (Wildman–Crippen MR) is 112 cm³/mol. The van der Waals surface area contributed by atoms with E-state index in [1.54, 1.807) is 27.7 Å². The van der Waals surface area contributed by atoms with Gasteiger partial charge in [0.15, 0.2) is 0 Å². The molecule has 0 saturated carbocycles. The molecule has 0 aliphatic carbocycles. The van der Waals surface area contributed by atoms with Gasteiger partial charge in [-0.15, -0.1) is 0 Å². The van der Waals surface area contributed by atoms with E-state index in [2.05, 4.69) is 0 Å². The second-order valence-corrected chi connectivity index (χ2v) is 9.84. The largest absolute Gasteiger partial charge is 2.00 e. The van der Waals surface area contributed by atoms with Crippen LogP contribution in [0.25, 0.3) is 0 Å². The van der Waals surface area contributed by atoms with E-state index in [0.29, 0.717) is 12.8 Å². The van der Waals surface area contributed by atoms with E-state index in [9.17, 15) is 29.4 Å². The van der Waals surface area contributed by atoms with Gasteiger partial charge in [0.1, 0.15) is 11.6 Å². The van der Waals surface area contributed by atoms with E-state index < -0.39 is 24.8 Å². The van der Waals surface area contributed by atoms with E-state index >= 15 is 0 Å². The van der Waals surface area contributed by atoms with Crippen LogP contribution in [0.4, 0.5) is 0 Å². The molecule has 0 aromatic rings. The Kier molecular flexibility index (Phi) is 27.0. The Balaban J connectivity index is -0.000000106. The van der Waals surface area contributed by atoms with Gasteiger partial charge in [0.2, 0.25) is 0 Å². The van der Waals surface area contributed by atoms with Gasteiger partial charge >= 0.3 is 21.7 Å². The average molecular weight is 482 g/mol. The maximum Gasteiger partial charge on any atom is 2.00 e. The Hall–Kier alpha value is -1.09. The number of aliphatic carboxylic acids is 2. The summed E-state index contributed by atoms with van der Waals surface area (Å²) in [7, 11) is 0. The van der Waals surface area contributed by atoms with Crippen LogP contribution in [-0.4, -0.2) is 45.9 Å². The normalized spacial score (nSPS) is 10.3. The maximum absolute atomic E-state index is 10.8. The number of hydrogen-bond donors (Lipinski definition) is 2. The van der Waals surface area contributed by atoms with Crippen LogP contribution in [0.3, 0.4) is 0 Å². The van der Waals surface area contributed by atoms with Crippen LogP contribution in [0, 0.1) is 10.8 Å². The average Bonchev–Trinajstić information content (AvgIpc) is 2.29. The van der Waals surface area contributed by atoms with Crippen molar-refractivity contribution in [3.8, 4) is 0 Å². The van der Waals surface area contributed by atoms with Crippen molar-refractivity contribution in [2.24, 2.45) is 10.8 Å². The number of aliphatic hydroxyl groups is 2. The van der Waals surface area contributed by atoms with Crippen LogP contribution in [-0.2, 0) is 40.9 Å². The summed E-state index contributed by atoms with van der Waals surface area (Å²) in [6.07, 6.45) is -0.670. The smallest absolute Gasteiger partial charge is 0.550 e. The zero-order valence-corrected chi connectivity index (χ0v) is 22.4. The molecule has 9 heteroatoms. The molecule has 0 rings (SSSR count). The fraction of sp³-hybridized carbons (Fsp3) is 0.818. The minimum atomic E-state index is -1.29. The minimum absolute atomic E-state index is 0. The third-order valence-electron chi connectivity index (χ3n) is 2.14. The fourth-order valence-corrected chi connectivity index (χ4v) is 1.63. The zero-order chi connectivity index (χ0) is 25.3. The molecule has 31 heavy (non-hydrogen) atoms. The number of carboxylic acid groups (broad SMARTS) is 2. The van der Waals surface area contributed by atoms with Crippen molar-refractivity contribution in [2.45, 2.75) is 107 Å². The molecule has 0 aromatic carbocycles. The number of hydrogen-bond acceptors (Lipinski definition) is 8. The van der Waals surface area contributed by atoms with Gasteiger partial charge in [-0.25, -0.2) is 0 Å². The van der Waals surface area contributed by atoms with Crippen molar-refractivity contribution in [3.05, 3.63) is 0 Å². The molecule has 0 unspecified atom stereocenters. The van der Waals surface area contributed by atoms with Gasteiger partial charge in [-0.3, -0.25) is 9.59 Å². The Morgan fingerprint density at radius 2 is 0.806 bits per heavy atom. The summed E-state index contributed by atoms with van der Waals surface area (Å²) in [5.74, 6) is -3.12. The third kappa shape index (κ3) is 73.2. The van der Waals surface area contributed by atoms with Gasteiger partial charge in [-0.1, -0.05) is 41.5 Å². The molecule has 0 amide bonds. The number of carbonyl (C=O) groups excluding carboxylic acids is 4. The molecule has 0 fully saturated rings. The molecule has 0 spiro atoms. The van der Waals surface area contributed by atoms with Gasteiger partial charge in [-0.05, 0) is 38.5 Å². The SMILES string of the molecule is CC(C)(C)CC(=O)CC(=O)[O-].CC(C)(C)CC(=O)CC(=O)[O-].CC(C)O.CC(C)O.[Ti+2]. The first-order valence-electron chi connectivity index (χ1n) is 9.88. The summed E-state index contributed by atoms with van der Waals surface area (Å²) in [6.45, 7) is 18.2. The summed E-state index contributed by atoms with van der Waals surface area (Å²) in [5.41, 5.74) is -0.265. The van der Waals surface area contributed by atoms with Gasteiger partial charge < -0.3 is 30.0 Å². The van der Waals surface area contributed by atoms with Crippen molar-refractivity contribution < 1.29 is 61.3 Å². The third-order valence-corrected chi connectivity index (χ3v) is 2.14. The van der Waals surface area contributed by atoms with Gasteiger partial charge in [-0.2, -0.15) is 0 Å². The number of Topliss-reactive ketones (excluding diaryl/α,β-unsaturated/α-hetero) is 2. The second-order valence-electron chi connectivity index (χ2n) is 9.84. The molecule has 0 aromatic heterocycles. The first-order valence-corrected chi connectivity index (χ1v) is 9.88. The van der Waals surface area contributed by atoms with E-state index in [-0.39, 0.29) is 56.3 Å². The van der Waals surface area contributed by atoms with Gasteiger partial charge in [0.05, 0.1) is 0 Å². The van der Waals surface area contributed by atoms with Gasteiger partial charge in [0.25, 0.3) is 0 Å². The van der Waals surface area contributed by atoms with Crippen molar-refractivity contribution >= 4 is 23.5 Å². The number of aliphatic hydroxyl groups excluding tert-OH is 2. The Morgan fingerprint density at radius 1 is 0.645 bits per heavy atom. The topological polar surface area (TPSA) is 155 Å². The van der Waals surface area contributed by atoms with Crippen molar-refractivity contribution in [2.75, 3.05) is 0 Å². The summed E-state index contributed by atoms with van der Waals surface area (Å²) < 4.78 is 0. The van der Waals surface area contributed by atoms with Crippen LogP contribution < -0.4 is 10.2 Å². The van der Waals surface area contributed by atoms with Crippen LogP contribution in [0.15, 0.2) is 0 Å². The molecule has 0 aliphatic heterocycles. The molecule has 0 radical (unpaired) electrons. The van der Waals surface area contributed by atoms with E-state index in [0.717, 1.165) is 0 Å². The number of ketones is 2. The van der Waals surface area contributed by atoms with Crippen LogP contribution in [0.5, 0.6) is 0 Å². The standard InChI is InChI=1S/2C8H14O3.2C3H8O.Ti/c2*1-8(2,3)5-6(9)4-7(10)11;2*1-3(2)4;/h2*4-5H2,1-3H3,(H,10,11);2*3-4H,1-2H3;/q;;;;+2/p-2. The molecular weight excluding hydrogens is 440 g/mol.